The number of aryl methyl sites for hydroxylation is 1. The molecular formula is C14H21NO. The number of benzene rings is 1. The van der Waals surface area contributed by atoms with Crippen LogP contribution in [0.1, 0.15) is 48.1 Å². The van der Waals surface area contributed by atoms with Gasteiger partial charge in [0.25, 0.3) is 0 Å². The minimum Gasteiger partial charge on any atom is -0.496 e. The van der Waals surface area contributed by atoms with Crippen LogP contribution in [0.4, 0.5) is 0 Å². The standard InChI is InChI=1S/C14H21NO/c1-9-8-13(16-3)14(10(2)15)12-7-5-4-6-11(9)12/h8,10H,4-7,15H2,1-3H3. The summed E-state index contributed by atoms with van der Waals surface area (Å²) < 4.78 is 5.47. The van der Waals surface area contributed by atoms with Gasteiger partial charge in [0.15, 0.2) is 0 Å². The second kappa shape index (κ2) is 4.46. The Morgan fingerprint density at radius 1 is 1.25 bits per heavy atom. The van der Waals surface area contributed by atoms with Crippen LogP contribution in [0.25, 0.3) is 0 Å². The molecule has 2 nitrogen and oxygen atoms in total. The maximum absolute atomic E-state index is 6.08. The van der Waals surface area contributed by atoms with Crippen molar-refractivity contribution in [3.8, 4) is 5.75 Å². The summed E-state index contributed by atoms with van der Waals surface area (Å²) in [6.07, 6.45) is 4.94. The number of nitrogens with two attached hydrogens (primary N) is 1. The summed E-state index contributed by atoms with van der Waals surface area (Å²) in [5.74, 6) is 0.966. The van der Waals surface area contributed by atoms with E-state index >= 15 is 0 Å². The first-order chi connectivity index (χ1) is 7.65. The average molecular weight is 219 g/mol. The van der Waals surface area contributed by atoms with Crippen molar-refractivity contribution in [2.75, 3.05) is 7.11 Å². The molecule has 0 radical (unpaired) electrons. The summed E-state index contributed by atoms with van der Waals surface area (Å²) in [6.45, 7) is 4.22. The highest BCUT2D eigenvalue weighted by Crippen LogP contribution is 2.36. The monoisotopic (exact) mass is 219 g/mol. The number of methoxy groups -OCH3 is 1. The molecule has 0 saturated heterocycles. The van der Waals surface area contributed by atoms with E-state index in [1.54, 1.807) is 7.11 Å². The van der Waals surface area contributed by atoms with Gasteiger partial charge in [-0.15, -0.1) is 0 Å². The zero-order valence-corrected chi connectivity index (χ0v) is 10.5. The van der Waals surface area contributed by atoms with Crippen molar-refractivity contribution < 1.29 is 4.74 Å². The van der Waals surface area contributed by atoms with Crippen LogP contribution in [0.15, 0.2) is 6.07 Å². The predicted molar refractivity (Wildman–Crippen MR) is 67.0 cm³/mol. The van der Waals surface area contributed by atoms with Gasteiger partial charge in [0.1, 0.15) is 5.75 Å². The SMILES string of the molecule is COc1cc(C)c2c(c1C(C)N)CCCC2. The third-order valence-corrected chi connectivity index (χ3v) is 3.56. The molecule has 1 aromatic rings. The Labute approximate surface area is 97.8 Å². The Bertz CT molecular complexity index is 396. The minimum atomic E-state index is 0.0578. The van der Waals surface area contributed by atoms with Crippen LogP contribution < -0.4 is 10.5 Å². The lowest BCUT2D eigenvalue weighted by Crippen LogP contribution is -2.15. The molecule has 16 heavy (non-hydrogen) atoms. The smallest absolute Gasteiger partial charge is 0.124 e. The molecule has 0 aliphatic heterocycles. The molecule has 2 N–H and O–H groups in total. The van der Waals surface area contributed by atoms with E-state index in [1.165, 1.54) is 41.5 Å². The topological polar surface area (TPSA) is 35.2 Å². The van der Waals surface area contributed by atoms with Crippen LogP contribution >= 0.6 is 0 Å². The van der Waals surface area contributed by atoms with Crippen molar-refractivity contribution in [3.05, 3.63) is 28.3 Å². The fourth-order valence-corrected chi connectivity index (χ4v) is 2.82. The van der Waals surface area contributed by atoms with Gasteiger partial charge in [-0.1, -0.05) is 0 Å². The summed E-state index contributed by atoms with van der Waals surface area (Å²) in [7, 11) is 1.73. The number of rotatable bonds is 2. The van der Waals surface area contributed by atoms with Gasteiger partial charge in [0, 0.05) is 11.6 Å². The molecule has 0 spiro atoms. The fourth-order valence-electron chi connectivity index (χ4n) is 2.82. The van der Waals surface area contributed by atoms with E-state index in [-0.39, 0.29) is 6.04 Å². The molecule has 0 fully saturated rings. The normalized spacial score (nSPS) is 16.8. The summed E-state index contributed by atoms with van der Waals surface area (Å²) in [6, 6.07) is 2.20. The Balaban J connectivity index is 2.63. The van der Waals surface area contributed by atoms with Crippen molar-refractivity contribution in [3.63, 3.8) is 0 Å². The van der Waals surface area contributed by atoms with Gasteiger partial charge >= 0.3 is 0 Å². The molecule has 2 heteroatoms. The molecule has 1 aliphatic rings. The van der Waals surface area contributed by atoms with E-state index in [1.807, 2.05) is 6.92 Å². The van der Waals surface area contributed by atoms with E-state index < -0.39 is 0 Å². The van der Waals surface area contributed by atoms with Gasteiger partial charge < -0.3 is 10.5 Å². The van der Waals surface area contributed by atoms with E-state index in [0.29, 0.717) is 0 Å². The third-order valence-electron chi connectivity index (χ3n) is 3.56. The van der Waals surface area contributed by atoms with Crippen molar-refractivity contribution in [2.24, 2.45) is 5.73 Å². The molecule has 1 aliphatic carbocycles. The van der Waals surface area contributed by atoms with Gasteiger partial charge in [-0.2, -0.15) is 0 Å². The first-order valence-electron chi connectivity index (χ1n) is 6.10. The van der Waals surface area contributed by atoms with Crippen LogP contribution in [0.3, 0.4) is 0 Å². The first-order valence-corrected chi connectivity index (χ1v) is 6.10. The van der Waals surface area contributed by atoms with Crippen LogP contribution in [-0.2, 0) is 12.8 Å². The summed E-state index contributed by atoms with van der Waals surface area (Å²) in [5, 5.41) is 0. The number of fused-ring (bicyclic) bond motifs is 1. The molecule has 88 valence electrons. The zero-order valence-electron chi connectivity index (χ0n) is 10.5. The summed E-state index contributed by atoms with van der Waals surface area (Å²) in [5.41, 5.74) is 11.6. The minimum absolute atomic E-state index is 0.0578. The molecule has 1 aromatic carbocycles. The van der Waals surface area contributed by atoms with Crippen molar-refractivity contribution in [2.45, 2.75) is 45.6 Å². The first kappa shape index (κ1) is 11.5. The molecule has 2 rings (SSSR count). The van der Waals surface area contributed by atoms with Gasteiger partial charge in [-0.25, -0.2) is 0 Å². The summed E-state index contributed by atoms with van der Waals surface area (Å²) in [4.78, 5) is 0. The Morgan fingerprint density at radius 2 is 1.88 bits per heavy atom. The zero-order chi connectivity index (χ0) is 11.7. The predicted octanol–water partition coefficient (Wildman–Crippen LogP) is 2.90. The van der Waals surface area contributed by atoms with Crippen LogP contribution in [0.2, 0.25) is 0 Å². The van der Waals surface area contributed by atoms with Gasteiger partial charge in [-0.05, 0) is 62.3 Å². The largest absolute Gasteiger partial charge is 0.496 e. The van der Waals surface area contributed by atoms with Gasteiger partial charge in [0.05, 0.1) is 7.11 Å². The lowest BCUT2D eigenvalue weighted by molar-refractivity contribution is 0.404. The second-order valence-corrected chi connectivity index (χ2v) is 4.76. The van der Waals surface area contributed by atoms with Gasteiger partial charge in [-0.3, -0.25) is 0 Å². The molecular weight excluding hydrogens is 198 g/mol. The van der Waals surface area contributed by atoms with E-state index in [4.69, 9.17) is 10.5 Å². The van der Waals surface area contributed by atoms with Crippen molar-refractivity contribution in [1.29, 1.82) is 0 Å². The molecule has 0 amide bonds. The quantitative estimate of drug-likeness (QED) is 0.830. The van der Waals surface area contributed by atoms with E-state index in [2.05, 4.69) is 13.0 Å². The molecule has 0 heterocycles. The lowest BCUT2D eigenvalue weighted by Gasteiger charge is -2.25. The third kappa shape index (κ3) is 1.82. The Kier molecular flexibility index (Phi) is 3.20. The molecule has 0 aromatic heterocycles. The fraction of sp³-hybridized carbons (Fsp3) is 0.571. The second-order valence-electron chi connectivity index (χ2n) is 4.76. The van der Waals surface area contributed by atoms with Crippen LogP contribution in [-0.4, -0.2) is 7.11 Å². The van der Waals surface area contributed by atoms with E-state index in [0.717, 1.165) is 12.2 Å². The Hall–Kier alpha value is -1.02. The molecule has 0 bridgehead atoms. The van der Waals surface area contributed by atoms with Gasteiger partial charge in [0.2, 0.25) is 0 Å². The van der Waals surface area contributed by atoms with Crippen LogP contribution in [0.5, 0.6) is 5.75 Å². The maximum Gasteiger partial charge on any atom is 0.124 e. The van der Waals surface area contributed by atoms with Crippen molar-refractivity contribution >= 4 is 0 Å². The lowest BCUT2D eigenvalue weighted by atomic mass is 9.83. The van der Waals surface area contributed by atoms with E-state index in [9.17, 15) is 0 Å². The number of hydrogen-bond acceptors (Lipinski definition) is 2. The van der Waals surface area contributed by atoms with Crippen molar-refractivity contribution in [1.82, 2.24) is 0 Å². The average Bonchev–Trinajstić information content (AvgIpc) is 2.28. The maximum atomic E-state index is 6.08. The highest BCUT2D eigenvalue weighted by atomic mass is 16.5. The number of ether oxygens (including phenoxy) is 1. The highest BCUT2D eigenvalue weighted by molar-refractivity contribution is 5.51. The molecule has 0 saturated carbocycles. The van der Waals surface area contributed by atoms with Crippen LogP contribution in [0, 0.1) is 6.92 Å². The molecule has 1 unspecified atom stereocenters. The molecule has 1 atom stereocenters. The highest BCUT2D eigenvalue weighted by Gasteiger charge is 2.21. The number of hydrogen-bond donors (Lipinski definition) is 1. The summed E-state index contributed by atoms with van der Waals surface area (Å²) >= 11 is 0. The Morgan fingerprint density at radius 3 is 2.44 bits per heavy atom.